The topological polar surface area (TPSA) is 136 Å². The highest BCUT2D eigenvalue weighted by Crippen LogP contribution is 2.75. The van der Waals surface area contributed by atoms with Crippen molar-refractivity contribution in [2.75, 3.05) is 0 Å². The van der Waals surface area contributed by atoms with Gasteiger partial charge in [-0.3, -0.25) is 9.59 Å². The zero-order valence-corrected chi connectivity index (χ0v) is 27.9. The van der Waals surface area contributed by atoms with Crippen molar-refractivity contribution >= 4 is 17.7 Å². The Kier molecular flexibility index (Phi) is 7.40. The highest BCUT2D eigenvalue weighted by Gasteiger charge is 2.70. The van der Waals surface area contributed by atoms with Crippen molar-refractivity contribution < 1.29 is 34.1 Å². The number of ether oxygens (including phenoxy) is 2. The van der Waals surface area contributed by atoms with Crippen LogP contribution in [0.1, 0.15) is 119 Å². The first-order valence-corrected chi connectivity index (χ1v) is 17.1. The number of fused-ring (bicyclic) bond motifs is 7. The predicted molar refractivity (Wildman–Crippen MR) is 165 cm³/mol. The SMILES string of the molecule is CC1(C)[C@@H](OC2C[C@@H](O)C[C@@H](C(=O)O)O2)CC[C@]2(C)[C@H]3C(=O)C=C4[C@@H]5C[C@@](C)(C(N)=O)CC[C@]5(C)CC[C@@]4(C)[C@]3(C)CC[C@@H]12. The summed E-state index contributed by atoms with van der Waals surface area (Å²) in [4.78, 5) is 38.8. The van der Waals surface area contributed by atoms with Gasteiger partial charge in [-0.2, -0.15) is 0 Å². The smallest absolute Gasteiger partial charge is 0.333 e. The molecule has 0 aromatic carbocycles. The van der Waals surface area contributed by atoms with E-state index in [9.17, 15) is 24.6 Å². The molecule has 12 atom stereocenters. The van der Waals surface area contributed by atoms with Gasteiger partial charge >= 0.3 is 5.97 Å². The summed E-state index contributed by atoms with van der Waals surface area (Å²) in [5, 5.41) is 19.9. The molecule has 1 heterocycles. The Labute approximate surface area is 262 Å². The number of carbonyl (C=O) groups excluding carboxylic acids is 2. The second-order valence-electron chi connectivity index (χ2n) is 17.6. The fourth-order valence-electron chi connectivity index (χ4n) is 11.9. The Hall–Kier alpha value is -1.77. The molecule has 5 fully saturated rings. The number of carbonyl (C=O) groups is 3. The van der Waals surface area contributed by atoms with E-state index in [0.29, 0.717) is 0 Å². The van der Waals surface area contributed by atoms with E-state index < -0.39 is 29.9 Å². The maximum Gasteiger partial charge on any atom is 0.333 e. The molecular weight excluding hydrogens is 558 g/mol. The van der Waals surface area contributed by atoms with Crippen LogP contribution in [0.5, 0.6) is 0 Å². The van der Waals surface area contributed by atoms with Gasteiger partial charge in [0.25, 0.3) is 0 Å². The Morgan fingerprint density at radius 3 is 2.30 bits per heavy atom. The minimum Gasteiger partial charge on any atom is -0.479 e. The Morgan fingerprint density at radius 2 is 1.64 bits per heavy atom. The van der Waals surface area contributed by atoms with Crippen LogP contribution in [0.25, 0.3) is 0 Å². The standard InChI is InChI=1S/C36H55NO7/c1-31(2)25-8-11-36(7)28(34(25,5)10-9-26(31)44-27-17-20(38)16-24(43-27)29(40)41)23(39)18-21-22-19-33(4,30(37)42)13-12-32(22,3)14-15-35(21,36)6/h18,20,22,24-28,38H,8-17,19H2,1-7H3,(H2,37,42)(H,40,41)/t20-,22-,24-,25-,26-,27?,28+,32+,33-,34-,35+,36+/m0/s1. The third-order valence-corrected chi connectivity index (χ3v) is 15.0. The number of carboxylic acids is 1. The number of aliphatic hydroxyl groups excluding tert-OH is 1. The molecule has 0 spiro atoms. The Balaban J connectivity index is 1.31. The third-order valence-electron chi connectivity index (χ3n) is 15.0. The van der Waals surface area contributed by atoms with Crippen LogP contribution in [0.3, 0.4) is 0 Å². The minimum absolute atomic E-state index is 0.0718. The fourth-order valence-corrected chi connectivity index (χ4v) is 11.9. The molecule has 0 aromatic heterocycles. The molecule has 5 aliphatic carbocycles. The third kappa shape index (κ3) is 4.43. The van der Waals surface area contributed by atoms with E-state index in [2.05, 4.69) is 41.5 Å². The first kappa shape index (κ1) is 32.2. The van der Waals surface area contributed by atoms with Crippen LogP contribution in [0.15, 0.2) is 11.6 Å². The normalized spacial score (nSPS) is 51.6. The van der Waals surface area contributed by atoms with Gasteiger partial charge in [-0.1, -0.05) is 54.0 Å². The summed E-state index contributed by atoms with van der Waals surface area (Å²) in [6, 6.07) is 0. The number of hydrogen-bond acceptors (Lipinski definition) is 6. The van der Waals surface area contributed by atoms with E-state index in [4.69, 9.17) is 15.2 Å². The number of carboxylic acid groups (broad SMARTS) is 1. The summed E-state index contributed by atoms with van der Waals surface area (Å²) in [6.07, 6.45) is 7.78. The molecular formula is C36H55NO7. The molecule has 1 amide bonds. The van der Waals surface area contributed by atoms with Crippen LogP contribution in [-0.4, -0.2) is 52.5 Å². The lowest BCUT2D eigenvalue weighted by molar-refractivity contribution is -0.275. The van der Waals surface area contributed by atoms with Crippen molar-refractivity contribution in [1.29, 1.82) is 0 Å². The van der Waals surface area contributed by atoms with Gasteiger partial charge in [-0.15, -0.1) is 0 Å². The first-order valence-electron chi connectivity index (χ1n) is 17.1. The van der Waals surface area contributed by atoms with E-state index in [1.165, 1.54) is 5.57 Å². The Bertz CT molecular complexity index is 1280. The molecule has 6 rings (SSSR count). The summed E-state index contributed by atoms with van der Waals surface area (Å²) in [5.41, 5.74) is 5.95. The second kappa shape index (κ2) is 10.1. The van der Waals surface area contributed by atoms with E-state index in [1.54, 1.807) is 0 Å². The average Bonchev–Trinajstić information content (AvgIpc) is 2.92. The van der Waals surface area contributed by atoms with Gasteiger partial charge < -0.3 is 25.4 Å². The maximum atomic E-state index is 14.6. The van der Waals surface area contributed by atoms with Gasteiger partial charge in [0.15, 0.2) is 18.2 Å². The van der Waals surface area contributed by atoms with Crippen molar-refractivity contribution in [3.8, 4) is 0 Å². The lowest BCUT2D eigenvalue weighted by Crippen LogP contribution is -2.67. The molecule has 246 valence electrons. The molecule has 44 heavy (non-hydrogen) atoms. The van der Waals surface area contributed by atoms with Crippen LogP contribution in [0.4, 0.5) is 0 Å². The lowest BCUT2D eigenvalue weighted by Gasteiger charge is -2.70. The van der Waals surface area contributed by atoms with Crippen molar-refractivity contribution in [2.24, 2.45) is 56.0 Å². The Morgan fingerprint density at radius 1 is 0.955 bits per heavy atom. The summed E-state index contributed by atoms with van der Waals surface area (Å²) >= 11 is 0. The zero-order chi connectivity index (χ0) is 32.3. The lowest BCUT2D eigenvalue weighted by atomic mass is 9.33. The molecule has 8 heteroatoms. The summed E-state index contributed by atoms with van der Waals surface area (Å²) in [5.74, 6) is -0.741. The van der Waals surface area contributed by atoms with Gasteiger partial charge in [0.05, 0.1) is 12.2 Å². The molecule has 0 aromatic rings. The number of primary amides is 1. The van der Waals surface area contributed by atoms with E-state index in [-0.39, 0.29) is 75.5 Å². The molecule has 4 N–H and O–H groups in total. The molecule has 1 unspecified atom stereocenters. The number of aliphatic carboxylic acids is 1. The van der Waals surface area contributed by atoms with E-state index in [0.717, 1.165) is 57.8 Å². The molecule has 0 bridgehead atoms. The van der Waals surface area contributed by atoms with Crippen molar-refractivity contribution in [3.63, 3.8) is 0 Å². The number of nitrogens with two attached hydrogens (primary N) is 1. The maximum absolute atomic E-state index is 14.6. The first-order chi connectivity index (χ1) is 20.3. The molecule has 0 radical (unpaired) electrons. The minimum atomic E-state index is -1.08. The molecule has 6 aliphatic rings. The van der Waals surface area contributed by atoms with Gasteiger partial charge in [-0.05, 0) is 103 Å². The fraction of sp³-hybridized carbons (Fsp3) is 0.861. The van der Waals surface area contributed by atoms with E-state index in [1.807, 2.05) is 13.0 Å². The van der Waals surface area contributed by atoms with Crippen molar-refractivity contribution in [1.82, 2.24) is 0 Å². The highest BCUT2D eigenvalue weighted by atomic mass is 16.7. The van der Waals surface area contributed by atoms with Crippen molar-refractivity contribution in [3.05, 3.63) is 11.6 Å². The zero-order valence-electron chi connectivity index (χ0n) is 27.9. The van der Waals surface area contributed by atoms with Crippen molar-refractivity contribution in [2.45, 2.75) is 144 Å². The van der Waals surface area contributed by atoms with Gasteiger partial charge in [0.2, 0.25) is 5.91 Å². The molecule has 8 nitrogen and oxygen atoms in total. The van der Waals surface area contributed by atoms with Crippen LogP contribution in [0.2, 0.25) is 0 Å². The van der Waals surface area contributed by atoms with E-state index >= 15 is 0 Å². The van der Waals surface area contributed by atoms with Gasteiger partial charge in [0.1, 0.15) is 0 Å². The number of amides is 1. The summed E-state index contributed by atoms with van der Waals surface area (Å²) in [6.45, 7) is 16.0. The largest absolute Gasteiger partial charge is 0.479 e. The second-order valence-corrected chi connectivity index (χ2v) is 17.6. The quantitative estimate of drug-likeness (QED) is 0.342. The highest BCUT2D eigenvalue weighted by molar-refractivity contribution is 5.95. The molecule has 4 saturated carbocycles. The summed E-state index contributed by atoms with van der Waals surface area (Å²) in [7, 11) is 0. The number of aliphatic hydroxyl groups is 1. The van der Waals surface area contributed by atoms with Crippen LogP contribution in [0, 0.1) is 50.2 Å². The predicted octanol–water partition coefficient (Wildman–Crippen LogP) is 5.79. The van der Waals surface area contributed by atoms with Gasteiger partial charge in [0, 0.05) is 24.2 Å². The van der Waals surface area contributed by atoms with Crippen LogP contribution >= 0.6 is 0 Å². The summed E-state index contributed by atoms with van der Waals surface area (Å²) < 4.78 is 12.3. The van der Waals surface area contributed by atoms with Crippen LogP contribution in [-0.2, 0) is 23.9 Å². The number of rotatable bonds is 4. The van der Waals surface area contributed by atoms with Gasteiger partial charge in [-0.25, -0.2) is 4.79 Å². The monoisotopic (exact) mass is 613 g/mol. The number of hydrogen-bond donors (Lipinski definition) is 3. The average molecular weight is 614 g/mol. The molecule has 1 saturated heterocycles. The molecule has 1 aliphatic heterocycles. The van der Waals surface area contributed by atoms with Crippen LogP contribution < -0.4 is 5.73 Å². The number of ketones is 1. The number of allylic oxidation sites excluding steroid dienone is 2.